The van der Waals surface area contributed by atoms with E-state index < -0.39 is 10.5 Å². The van der Waals surface area contributed by atoms with Gasteiger partial charge in [0.2, 0.25) is 5.82 Å². The molecule has 0 saturated heterocycles. The Balaban J connectivity index is 3.21. The van der Waals surface area contributed by atoms with Gasteiger partial charge in [0.05, 0.1) is 17.1 Å². The van der Waals surface area contributed by atoms with Crippen molar-refractivity contribution < 1.29 is 10.0 Å². The van der Waals surface area contributed by atoms with Crippen LogP contribution >= 0.6 is 0 Å². The van der Waals surface area contributed by atoms with E-state index in [4.69, 9.17) is 0 Å². The molecule has 0 aliphatic carbocycles. The summed E-state index contributed by atoms with van der Waals surface area (Å²) in [5, 5.41) is 27.7. The van der Waals surface area contributed by atoms with E-state index in [0.717, 1.165) is 0 Å². The average molecular weight is 256 g/mol. The van der Waals surface area contributed by atoms with E-state index in [1.807, 2.05) is 13.8 Å². The highest BCUT2D eigenvalue weighted by Gasteiger charge is 2.32. The maximum absolute atomic E-state index is 11.1. The molecule has 1 aromatic heterocycles. The van der Waals surface area contributed by atoms with Crippen molar-refractivity contribution in [1.29, 1.82) is 0 Å². The lowest BCUT2D eigenvalue weighted by Crippen LogP contribution is -2.41. The molecule has 0 amide bonds. The summed E-state index contributed by atoms with van der Waals surface area (Å²) >= 11 is 0. The Labute approximate surface area is 106 Å². The third-order valence-electron chi connectivity index (χ3n) is 3.41. The second-order valence-electron chi connectivity index (χ2n) is 4.43. The number of aliphatic hydroxyl groups excluding tert-OH is 1. The molecule has 1 heterocycles. The summed E-state index contributed by atoms with van der Waals surface area (Å²) in [6, 6.07) is 0. The van der Waals surface area contributed by atoms with Crippen LogP contribution in [0.5, 0.6) is 0 Å². The zero-order valence-corrected chi connectivity index (χ0v) is 11.2. The van der Waals surface area contributed by atoms with Crippen LogP contribution in [0.3, 0.4) is 0 Å². The first-order valence-electron chi connectivity index (χ1n) is 5.97. The first-order valence-corrected chi connectivity index (χ1v) is 5.97. The van der Waals surface area contributed by atoms with Crippen molar-refractivity contribution in [2.45, 2.75) is 39.2 Å². The van der Waals surface area contributed by atoms with Gasteiger partial charge in [-0.2, -0.15) is 5.10 Å². The molecule has 0 aliphatic heterocycles. The second-order valence-corrected chi connectivity index (χ2v) is 4.43. The lowest BCUT2D eigenvalue weighted by atomic mass is 9.94. The Morgan fingerprint density at radius 1 is 1.50 bits per heavy atom. The van der Waals surface area contributed by atoms with Gasteiger partial charge in [-0.05, 0) is 19.8 Å². The van der Waals surface area contributed by atoms with Gasteiger partial charge in [-0.3, -0.25) is 10.1 Å². The lowest BCUT2D eigenvalue weighted by molar-refractivity contribution is -0.384. The van der Waals surface area contributed by atoms with Gasteiger partial charge >= 0.3 is 5.69 Å². The molecule has 1 aromatic rings. The summed E-state index contributed by atoms with van der Waals surface area (Å²) in [4.78, 5) is 10.6. The molecule has 18 heavy (non-hydrogen) atoms. The molecule has 0 bridgehead atoms. The molecule has 0 radical (unpaired) electrons. The largest absolute Gasteiger partial charge is 0.394 e. The van der Waals surface area contributed by atoms with Crippen LogP contribution < -0.4 is 5.32 Å². The van der Waals surface area contributed by atoms with Gasteiger partial charge < -0.3 is 10.4 Å². The minimum Gasteiger partial charge on any atom is -0.394 e. The number of aryl methyl sites for hydroxylation is 2. The minimum absolute atomic E-state index is 0.0303. The SMILES string of the molecule is CCC(CC)(CO)Nc1c([N+](=O)[O-])c(C)nn1C. The molecule has 0 fully saturated rings. The number of rotatable bonds is 6. The maximum Gasteiger partial charge on any atom is 0.333 e. The Hall–Kier alpha value is -1.63. The second kappa shape index (κ2) is 5.34. The van der Waals surface area contributed by atoms with E-state index in [1.165, 1.54) is 4.68 Å². The zero-order chi connectivity index (χ0) is 13.9. The van der Waals surface area contributed by atoms with Gasteiger partial charge in [0, 0.05) is 7.05 Å². The van der Waals surface area contributed by atoms with Crippen LogP contribution in [0.15, 0.2) is 0 Å². The summed E-state index contributed by atoms with van der Waals surface area (Å²) < 4.78 is 1.45. The topological polar surface area (TPSA) is 93.2 Å². The number of aliphatic hydroxyl groups is 1. The molecule has 102 valence electrons. The molecule has 1 rings (SSSR count). The summed E-state index contributed by atoms with van der Waals surface area (Å²) in [6.07, 6.45) is 1.34. The van der Waals surface area contributed by atoms with Crippen LogP contribution in [0.2, 0.25) is 0 Å². The number of aromatic nitrogens is 2. The van der Waals surface area contributed by atoms with Crippen molar-refractivity contribution in [3.8, 4) is 0 Å². The van der Waals surface area contributed by atoms with Crippen molar-refractivity contribution in [2.75, 3.05) is 11.9 Å². The normalized spacial score (nSPS) is 11.6. The highest BCUT2D eigenvalue weighted by Crippen LogP contribution is 2.31. The van der Waals surface area contributed by atoms with E-state index in [9.17, 15) is 15.2 Å². The Morgan fingerprint density at radius 2 is 2.06 bits per heavy atom. The Kier molecular flexibility index (Phi) is 4.28. The van der Waals surface area contributed by atoms with E-state index in [0.29, 0.717) is 24.4 Å². The lowest BCUT2D eigenvalue weighted by Gasteiger charge is -2.31. The molecule has 0 aliphatic rings. The van der Waals surface area contributed by atoms with Crippen LogP contribution in [-0.4, -0.2) is 32.0 Å². The van der Waals surface area contributed by atoms with E-state index in [-0.39, 0.29) is 12.3 Å². The number of nitro groups is 1. The summed E-state index contributed by atoms with van der Waals surface area (Å²) in [6.45, 7) is 5.38. The summed E-state index contributed by atoms with van der Waals surface area (Å²) in [5.74, 6) is 0.343. The average Bonchev–Trinajstić information content (AvgIpc) is 2.61. The smallest absolute Gasteiger partial charge is 0.333 e. The van der Waals surface area contributed by atoms with Crippen molar-refractivity contribution in [1.82, 2.24) is 9.78 Å². The fourth-order valence-corrected chi connectivity index (χ4v) is 1.95. The number of anilines is 1. The summed E-state index contributed by atoms with van der Waals surface area (Å²) in [5.41, 5.74) is -0.216. The Bertz CT molecular complexity index is 429. The molecule has 0 spiro atoms. The van der Waals surface area contributed by atoms with Gasteiger partial charge in [-0.1, -0.05) is 13.8 Å². The van der Waals surface area contributed by atoms with Crippen LogP contribution in [0.4, 0.5) is 11.5 Å². The van der Waals surface area contributed by atoms with Crippen molar-refractivity contribution in [3.63, 3.8) is 0 Å². The molecular formula is C11H20N4O3. The molecule has 0 unspecified atom stereocenters. The van der Waals surface area contributed by atoms with Crippen molar-refractivity contribution >= 4 is 11.5 Å². The van der Waals surface area contributed by atoms with Crippen LogP contribution in [0, 0.1) is 17.0 Å². The molecule has 7 heteroatoms. The fraction of sp³-hybridized carbons (Fsp3) is 0.727. The van der Waals surface area contributed by atoms with Crippen LogP contribution in [-0.2, 0) is 7.05 Å². The van der Waals surface area contributed by atoms with Gasteiger partial charge in [0.1, 0.15) is 5.69 Å². The molecule has 2 N–H and O–H groups in total. The fourth-order valence-electron chi connectivity index (χ4n) is 1.95. The van der Waals surface area contributed by atoms with E-state index >= 15 is 0 Å². The third kappa shape index (κ3) is 2.45. The van der Waals surface area contributed by atoms with Crippen LogP contribution in [0.25, 0.3) is 0 Å². The molecule has 0 saturated carbocycles. The number of hydrogen-bond acceptors (Lipinski definition) is 5. The Morgan fingerprint density at radius 3 is 2.44 bits per heavy atom. The predicted octanol–water partition coefficient (Wildman–Crippen LogP) is 1.60. The molecule has 0 atom stereocenters. The van der Waals surface area contributed by atoms with Gasteiger partial charge in [-0.15, -0.1) is 0 Å². The third-order valence-corrected chi connectivity index (χ3v) is 3.41. The van der Waals surface area contributed by atoms with E-state index in [1.54, 1.807) is 14.0 Å². The quantitative estimate of drug-likeness (QED) is 0.595. The summed E-state index contributed by atoms with van der Waals surface area (Å²) in [7, 11) is 1.65. The molecular weight excluding hydrogens is 236 g/mol. The van der Waals surface area contributed by atoms with Crippen molar-refractivity contribution in [2.24, 2.45) is 7.05 Å². The first kappa shape index (κ1) is 14.4. The van der Waals surface area contributed by atoms with E-state index in [2.05, 4.69) is 10.4 Å². The van der Waals surface area contributed by atoms with Gasteiger partial charge in [-0.25, -0.2) is 4.68 Å². The number of nitrogens with zero attached hydrogens (tertiary/aromatic N) is 3. The standard InChI is InChI=1S/C11H20N4O3/c1-5-11(6-2,7-16)12-10-9(15(17)18)8(3)13-14(10)4/h12,16H,5-7H2,1-4H3. The molecule has 7 nitrogen and oxygen atoms in total. The predicted molar refractivity (Wildman–Crippen MR) is 68.6 cm³/mol. The van der Waals surface area contributed by atoms with Crippen LogP contribution in [0.1, 0.15) is 32.4 Å². The zero-order valence-electron chi connectivity index (χ0n) is 11.2. The minimum atomic E-state index is -0.551. The highest BCUT2D eigenvalue weighted by atomic mass is 16.6. The van der Waals surface area contributed by atoms with Gasteiger partial charge in [0.25, 0.3) is 0 Å². The number of hydrogen-bond donors (Lipinski definition) is 2. The molecule has 0 aromatic carbocycles. The highest BCUT2D eigenvalue weighted by molar-refractivity contribution is 5.60. The maximum atomic E-state index is 11.1. The van der Waals surface area contributed by atoms with Gasteiger partial charge in [0.15, 0.2) is 0 Å². The van der Waals surface area contributed by atoms with Crippen molar-refractivity contribution in [3.05, 3.63) is 15.8 Å². The monoisotopic (exact) mass is 256 g/mol. The first-order chi connectivity index (χ1) is 8.40. The number of nitrogens with one attached hydrogen (secondary N) is 1.